The number of nitrogens with zero attached hydrogens (tertiary/aromatic N) is 1. The maximum absolute atomic E-state index is 12.1. The lowest BCUT2D eigenvalue weighted by molar-refractivity contribution is -0.113. The summed E-state index contributed by atoms with van der Waals surface area (Å²) in [6.45, 7) is 0. The van der Waals surface area contributed by atoms with Crippen LogP contribution in [0.2, 0.25) is 0 Å². The summed E-state index contributed by atoms with van der Waals surface area (Å²) in [6, 6.07) is 8.56. The Morgan fingerprint density at radius 3 is 2.95 bits per heavy atom. The number of nitrogen functional groups attached to an aromatic ring is 1. The van der Waals surface area contributed by atoms with Gasteiger partial charge in [0.1, 0.15) is 5.69 Å². The molecule has 4 N–H and O–H groups in total. The average Bonchev–Trinajstić information content (AvgIpc) is 2.47. The molecule has 2 heterocycles. The van der Waals surface area contributed by atoms with Crippen LogP contribution in [-0.2, 0) is 4.79 Å². The molecule has 0 unspecified atom stereocenters. The lowest BCUT2D eigenvalue weighted by Gasteiger charge is -2.17. The molecule has 1 aliphatic heterocycles. The zero-order chi connectivity index (χ0) is 14.8. The van der Waals surface area contributed by atoms with Gasteiger partial charge in [-0.15, -0.1) is 11.8 Å². The van der Waals surface area contributed by atoms with E-state index in [9.17, 15) is 9.59 Å². The van der Waals surface area contributed by atoms with Crippen LogP contribution >= 0.6 is 11.8 Å². The van der Waals surface area contributed by atoms with E-state index in [4.69, 9.17) is 5.73 Å². The van der Waals surface area contributed by atoms with Crippen molar-refractivity contribution in [3.8, 4) is 0 Å². The van der Waals surface area contributed by atoms with Gasteiger partial charge in [0.2, 0.25) is 5.91 Å². The van der Waals surface area contributed by atoms with Gasteiger partial charge in [0.15, 0.2) is 0 Å². The van der Waals surface area contributed by atoms with Crippen molar-refractivity contribution in [1.82, 2.24) is 4.98 Å². The third-order valence-electron chi connectivity index (χ3n) is 2.89. The summed E-state index contributed by atoms with van der Waals surface area (Å²) in [6.07, 6.45) is 1.43. The van der Waals surface area contributed by atoms with Crippen LogP contribution in [0.4, 0.5) is 17.1 Å². The first-order valence-corrected chi connectivity index (χ1v) is 7.20. The first kappa shape index (κ1) is 13.4. The number of hydrogen-bond donors (Lipinski definition) is 3. The quantitative estimate of drug-likeness (QED) is 0.787. The molecule has 1 aromatic carbocycles. The Bertz CT molecular complexity index is 715. The molecule has 0 spiro atoms. The number of nitrogens with two attached hydrogens (primary N) is 1. The third-order valence-corrected chi connectivity index (χ3v) is 3.96. The Morgan fingerprint density at radius 2 is 2.19 bits per heavy atom. The predicted molar refractivity (Wildman–Crippen MR) is 82.4 cm³/mol. The summed E-state index contributed by atoms with van der Waals surface area (Å²) >= 11 is 1.47. The second-order valence-electron chi connectivity index (χ2n) is 4.48. The van der Waals surface area contributed by atoms with Crippen molar-refractivity contribution >= 4 is 40.6 Å². The first-order valence-electron chi connectivity index (χ1n) is 6.21. The second-order valence-corrected chi connectivity index (χ2v) is 5.50. The minimum absolute atomic E-state index is 0.0452. The molecule has 0 aliphatic carbocycles. The first-order chi connectivity index (χ1) is 10.1. The summed E-state index contributed by atoms with van der Waals surface area (Å²) in [4.78, 5) is 28.4. The Hall–Kier alpha value is -2.54. The van der Waals surface area contributed by atoms with Crippen LogP contribution in [-0.4, -0.2) is 22.6 Å². The number of anilines is 3. The van der Waals surface area contributed by atoms with Gasteiger partial charge >= 0.3 is 0 Å². The minimum atomic E-state index is -0.329. The smallest absolute Gasteiger partial charge is 0.274 e. The monoisotopic (exact) mass is 300 g/mol. The third kappa shape index (κ3) is 2.97. The van der Waals surface area contributed by atoms with Crippen molar-refractivity contribution in [2.75, 3.05) is 22.1 Å². The number of carbonyl (C=O) groups excluding carboxylic acids is 2. The molecular weight excluding hydrogens is 288 g/mol. The molecule has 1 aliphatic rings. The fraction of sp³-hybridized carbons (Fsp3) is 0.0714. The molecule has 0 saturated heterocycles. The second kappa shape index (κ2) is 5.45. The molecule has 1 aromatic heterocycles. The van der Waals surface area contributed by atoms with Gasteiger partial charge in [-0.05, 0) is 30.3 Å². The SMILES string of the molecule is Nc1ccc(C(=O)Nc2ccc3c(c2)NC(=O)CS3)nc1. The van der Waals surface area contributed by atoms with E-state index in [1.165, 1.54) is 18.0 Å². The standard InChI is InChI=1S/C14H12N4O2S/c15-8-1-3-10(16-6-8)14(20)17-9-2-4-12-11(5-9)18-13(19)7-21-12/h1-6H,7,15H2,(H,17,20)(H,18,19). The van der Waals surface area contributed by atoms with Crippen molar-refractivity contribution in [3.05, 3.63) is 42.2 Å². The highest BCUT2D eigenvalue weighted by Gasteiger charge is 2.16. The number of amides is 2. The van der Waals surface area contributed by atoms with E-state index in [1.54, 1.807) is 24.3 Å². The van der Waals surface area contributed by atoms with Crippen molar-refractivity contribution in [1.29, 1.82) is 0 Å². The van der Waals surface area contributed by atoms with E-state index in [0.717, 1.165) is 4.90 Å². The van der Waals surface area contributed by atoms with Crippen LogP contribution in [0.5, 0.6) is 0 Å². The van der Waals surface area contributed by atoms with Gasteiger partial charge in [0.25, 0.3) is 5.91 Å². The summed E-state index contributed by atoms with van der Waals surface area (Å²) in [5.74, 6) is 0.0366. The molecule has 7 heteroatoms. The predicted octanol–water partition coefficient (Wildman–Crippen LogP) is 1.96. The number of thioether (sulfide) groups is 1. The van der Waals surface area contributed by atoms with Gasteiger partial charge in [-0.2, -0.15) is 0 Å². The van der Waals surface area contributed by atoms with E-state index in [2.05, 4.69) is 15.6 Å². The van der Waals surface area contributed by atoms with Crippen LogP contribution in [0.15, 0.2) is 41.4 Å². The van der Waals surface area contributed by atoms with E-state index in [1.807, 2.05) is 6.07 Å². The molecule has 3 rings (SSSR count). The van der Waals surface area contributed by atoms with Crippen LogP contribution in [0.25, 0.3) is 0 Å². The van der Waals surface area contributed by atoms with Gasteiger partial charge in [0, 0.05) is 10.6 Å². The largest absolute Gasteiger partial charge is 0.397 e. The fourth-order valence-electron chi connectivity index (χ4n) is 1.90. The molecule has 0 bridgehead atoms. The topological polar surface area (TPSA) is 97.1 Å². The normalized spacial score (nSPS) is 13.2. The number of benzene rings is 1. The molecule has 106 valence electrons. The van der Waals surface area contributed by atoms with E-state index >= 15 is 0 Å². The van der Waals surface area contributed by atoms with Gasteiger partial charge in [-0.25, -0.2) is 4.98 Å². The fourth-order valence-corrected chi connectivity index (χ4v) is 2.68. The maximum Gasteiger partial charge on any atom is 0.274 e. The van der Waals surface area contributed by atoms with Crippen molar-refractivity contribution in [3.63, 3.8) is 0 Å². The molecule has 0 saturated carbocycles. The molecule has 21 heavy (non-hydrogen) atoms. The summed E-state index contributed by atoms with van der Waals surface area (Å²) in [7, 11) is 0. The number of aromatic nitrogens is 1. The highest BCUT2D eigenvalue weighted by Crippen LogP contribution is 2.33. The minimum Gasteiger partial charge on any atom is -0.397 e. The number of hydrogen-bond acceptors (Lipinski definition) is 5. The zero-order valence-electron chi connectivity index (χ0n) is 10.9. The Balaban J connectivity index is 1.79. The van der Waals surface area contributed by atoms with Gasteiger partial charge in [-0.1, -0.05) is 0 Å². The van der Waals surface area contributed by atoms with Gasteiger partial charge < -0.3 is 16.4 Å². The van der Waals surface area contributed by atoms with Crippen molar-refractivity contribution in [2.45, 2.75) is 4.90 Å². The summed E-state index contributed by atoms with van der Waals surface area (Å²) in [5.41, 5.74) is 7.62. The molecule has 6 nitrogen and oxygen atoms in total. The van der Waals surface area contributed by atoms with E-state index in [-0.39, 0.29) is 17.5 Å². The van der Waals surface area contributed by atoms with Gasteiger partial charge in [-0.3, -0.25) is 9.59 Å². The number of fused-ring (bicyclic) bond motifs is 1. The molecule has 0 fully saturated rings. The van der Waals surface area contributed by atoms with Crippen LogP contribution < -0.4 is 16.4 Å². The molecule has 0 atom stereocenters. The molecule has 2 amide bonds. The maximum atomic E-state index is 12.1. The lowest BCUT2D eigenvalue weighted by atomic mass is 10.2. The summed E-state index contributed by atoms with van der Waals surface area (Å²) in [5, 5.41) is 5.52. The highest BCUT2D eigenvalue weighted by atomic mass is 32.2. The Labute approximate surface area is 125 Å². The zero-order valence-corrected chi connectivity index (χ0v) is 11.7. The van der Waals surface area contributed by atoms with Crippen molar-refractivity contribution < 1.29 is 9.59 Å². The van der Waals surface area contributed by atoms with Crippen LogP contribution in [0, 0.1) is 0 Å². The molecular formula is C14H12N4O2S. The van der Waals surface area contributed by atoms with Gasteiger partial charge in [0.05, 0.1) is 23.3 Å². The average molecular weight is 300 g/mol. The van der Waals surface area contributed by atoms with Crippen LogP contribution in [0.1, 0.15) is 10.5 Å². The number of nitrogens with one attached hydrogen (secondary N) is 2. The highest BCUT2D eigenvalue weighted by molar-refractivity contribution is 8.00. The number of rotatable bonds is 2. The lowest BCUT2D eigenvalue weighted by Crippen LogP contribution is -2.19. The molecule has 2 aromatic rings. The van der Waals surface area contributed by atoms with E-state index in [0.29, 0.717) is 22.8 Å². The Morgan fingerprint density at radius 1 is 1.33 bits per heavy atom. The number of carbonyl (C=O) groups is 2. The summed E-state index contributed by atoms with van der Waals surface area (Å²) < 4.78 is 0. The van der Waals surface area contributed by atoms with Crippen LogP contribution in [0.3, 0.4) is 0 Å². The Kier molecular flexibility index (Phi) is 3.49. The molecule has 0 radical (unpaired) electrons. The number of pyridine rings is 1. The van der Waals surface area contributed by atoms with Crippen molar-refractivity contribution in [2.24, 2.45) is 0 Å². The van der Waals surface area contributed by atoms with E-state index < -0.39 is 0 Å².